The molecular formula is C77H136O6. The summed E-state index contributed by atoms with van der Waals surface area (Å²) in [5.74, 6) is -0.857. The van der Waals surface area contributed by atoms with E-state index in [0.29, 0.717) is 19.3 Å². The van der Waals surface area contributed by atoms with Crippen molar-refractivity contribution in [1.29, 1.82) is 0 Å². The van der Waals surface area contributed by atoms with Crippen molar-refractivity contribution in [3.05, 3.63) is 85.1 Å². The third-order valence-electron chi connectivity index (χ3n) is 15.9. The van der Waals surface area contributed by atoms with Crippen molar-refractivity contribution in [2.24, 2.45) is 0 Å². The van der Waals surface area contributed by atoms with Crippen LogP contribution in [0, 0.1) is 0 Å². The van der Waals surface area contributed by atoms with E-state index in [-0.39, 0.29) is 31.1 Å². The van der Waals surface area contributed by atoms with Crippen LogP contribution in [-0.4, -0.2) is 37.2 Å². The largest absolute Gasteiger partial charge is 0.462 e. The summed E-state index contributed by atoms with van der Waals surface area (Å²) in [4.78, 5) is 38.5. The number of allylic oxidation sites excluding steroid dienone is 14. The molecule has 0 bridgehead atoms. The van der Waals surface area contributed by atoms with Crippen molar-refractivity contribution >= 4 is 17.9 Å². The van der Waals surface area contributed by atoms with Crippen LogP contribution < -0.4 is 0 Å². The van der Waals surface area contributed by atoms with Crippen LogP contribution in [0.25, 0.3) is 0 Å². The van der Waals surface area contributed by atoms with Crippen LogP contribution >= 0.6 is 0 Å². The summed E-state index contributed by atoms with van der Waals surface area (Å²) in [6.07, 6.45) is 94.6. The van der Waals surface area contributed by atoms with Crippen molar-refractivity contribution < 1.29 is 28.6 Å². The van der Waals surface area contributed by atoms with Gasteiger partial charge in [0.15, 0.2) is 6.10 Å². The first-order valence-electron chi connectivity index (χ1n) is 36.1. The Morgan fingerprint density at radius 2 is 0.470 bits per heavy atom. The minimum Gasteiger partial charge on any atom is -0.462 e. The van der Waals surface area contributed by atoms with Gasteiger partial charge in [-0.25, -0.2) is 0 Å². The molecule has 0 saturated carbocycles. The number of unbranched alkanes of at least 4 members (excludes halogenated alkanes) is 41. The molecule has 0 saturated heterocycles. The Kier molecular flexibility index (Phi) is 68.2. The third-order valence-corrected chi connectivity index (χ3v) is 15.9. The molecule has 1 unspecified atom stereocenters. The minimum atomic E-state index is -0.779. The van der Waals surface area contributed by atoms with Crippen molar-refractivity contribution in [3.63, 3.8) is 0 Å². The van der Waals surface area contributed by atoms with Gasteiger partial charge in [0.25, 0.3) is 0 Å². The molecule has 0 fully saturated rings. The van der Waals surface area contributed by atoms with Gasteiger partial charge < -0.3 is 14.2 Å². The highest BCUT2D eigenvalue weighted by atomic mass is 16.6. The molecule has 0 aromatic heterocycles. The van der Waals surface area contributed by atoms with E-state index in [0.717, 1.165) is 96.3 Å². The summed E-state index contributed by atoms with van der Waals surface area (Å²) in [7, 11) is 0. The van der Waals surface area contributed by atoms with E-state index in [9.17, 15) is 14.4 Å². The second kappa shape index (κ2) is 71.1. The van der Waals surface area contributed by atoms with Crippen LogP contribution in [0.1, 0.15) is 367 Å². The van der Waals surface area contributed by atoms with Gasteiger partial charge >= 0.3 is 17.9 Å². The highest BCUT2D eigenvalue weighted by molar-refractivity contribution is 5.71. The molecule has 0 aliphatic rings. The zero-order valence-corrected chi connectivity index (χ0v) is 55.2. The highest BCUT2D eigenvalue weighted by Gasteiger charge is 2.19. The van der Waals surface area contributed by atoms with Crippen molar-refractivity contribution in [2.45, 2.75) is 374 Å². The van der Waals surface area contributed by atoms with Crippen LogP contribution in [0.4, 0.5) is 0 Å². The molecule has 0 aliphatic heterocycles. The molecule has 1 atom stereocenters. The Balaban J connectivity index is 4.28. The predicted molar refractivity (Wildman–Crippen MR) is 362 cm³/mol. The van der Waals surface area contributed by atoms with Gasteiger partial charge in [-0.1, -0.05) is 337 Å². The first-order chi connectivity index (χ1) is 41.0. The molecule has 480 valence electrons. The Morgan fingerprint density at radius 3 is 0.735 bits per heavy atom. The van der Waals surface area contributed by atoms with Crippen molar-refractivity contribution in [2.75, 3.05) is 13.2 Å². The zero-order chi connectivity index (χ0) is 59.9. The summed E-state index contributed by atoms with van der Waals surface area (Å²) in [5, 5.41) is 0. The summed E-state index contributed by atoms with van der Waals surface area (Å²) >= 11 is 0. The van der Waals surface area contributed by atoms with Crippen LogP contribution in [0.15, 0.2) is 85.1 Å². The van der Waals surface area contributed by atoms with Gasteiger partial charge in [0.1, 0.15) is 13.2 Å². The number of rotatable bonds is 66. The smallest absolute Gasteiger partial charge is 0.306 e. The average molecular weight is 1160 g/mol. The molecular weight excluding hydrogens is 1020 g/mol. The number of hydrogen-bond donors (Lipinski definition) is 0. The van der Waals surface area contributed by atoms with E-state index in [4.69, 9.17) is 14.2 Å². The molecule has 0 heterocycles. The Bertz CT molecular complexity index is 1570. The lowest BCUT2D eigenvalue weighted by molar-refractivity contribution is -0.167. The standard InChI is InChI=1S/C77H136O6/c1-4-7-10-13-16-19-22-25-28-30-32-34-35-36-37-38-39-40-41-43-44-46-49-52-55-58-61-64-67-70-76(79)82-73-74(72-81-75(78)69-66-63-60-57-54-51-48-27-24-21-18-15-12-9-6-3)83-77(80)71-68-65-62-59-56-53-50-47-45-42-33-31-29-26-23-20-17-14-11-8-5-2/h7,10,16,19,23,25-26,28,31-34,36-37,74H,4-6,8-9,11-15,17-18,20-22,24,27,29-30,35,38-73H2,1-3H3/b10-7-,19-16-,26-23-,28-25-,33-31-,34-32-,37-36-. The second-order valence-corrected chi connectivity index (χ2v) is 24.1. The van der Waals surface area contributed by atoms with Gasteiger partial charge in [-0.2, -0.15) is 0 Å². The maximum absolute atomic E-state index is 13.0. The number of ether oxygens (including phenoxy) is 3. The number of carbonyl (C=O) groups is 3. The molecule has 6 heteroatoms. The molecule has 0 radical (unpaired) electrons. The predicted octanol–water partition coefficient (Wildman–Crippen LogP) is 25.0. The number of carbonyl (C=O) groups excluding carboxylic acids is 3. The first kappa shape index (κ1) is 79.6. The lowest BCUT2D eigenvalue weighted by atomic mass is 10.0. The van der Waals surface area contributed by atoms with Crippen LogP contribution in [0.3, 0.4) is 0 Å². The fourth-order valence-electron chi connectivity index (χ4n) is 10.5. The van der Waals surface area contributed by atoms with Crippen LogP contribution in [-0.2, 0) is 28.6 Å². The van der Waals surface area contributed by atoms with E-state index in [1.54, 1.807) is 0 Å². The maximum Gasteiger partial charge on any atom is 0.306 e. The van der Waals surface area contributed by atoms with Gasteiger partial charge in [-0.15, -0.1) is 0 Å². The molecule has 0 N–H and O–H groups in total. The van der Waals surface area contributed by atoms with E-state index in [1.165, 1.54) is 231 Å². The molecule has 0 aromatic rings. The topological polar surface area (TPSA) is 78.9 Å². The summed E-state index contributed by atoms with van der Waals surface area (Å²) < 4.78 is 17.0. The molecule has 0 amide bonds. The van der Waals surface area contributed by atoms with Crippen LogP contribution in [0.2, 0.25) is 0 Å². The lowest BCUT2D eigenvalue weighted by Crippen LogP contribution is -2.30. The van der Waals surface area contributed by atoms with E-state index < -0.39 is 6.10 Å². The molecule has 0 spiro atoms. The van der Waals surface area contributed by atoms with E-state index >= 15 is 0 Å². The Morgan fingerprint density at radius 1 is 0.253 bits per heavy atom. The van der Waals surface area contributed by atoms with Gasteiger partial charge in [-0.05, 0) is 96.3 Å². The van der Waals surface area contributed by atoms with Crippen molar-refractivity contribution in [3.8, 4) is 0 Å². The average Bonchev–Trinajstić information content (AvgIpc) is 3.49. The van der Waals surface area contributed by atoms with E-state index in [1.807, 2.05) is 0 Å². The molecule has 0 aliphatic carbocycles. The first-order valence-corrected chi connectivity index (χ1v) is 36.1. The van der Waals surface area contributed by atoms with Gasteiger partial charge in [0.2, 0.25) is 0 Å². The molecule has 6 nitrogen and oxygen atoms in total. The fourth-order valence-corrected chi connectivity index (χ4v) is 10.5. The Labute approximate surface area is 515 Å². The lowest BCUT2D eigenvalue weighted by Gasteiger charge is -2.18. The summed E-state index contributed by atoms with van der Waals surface area (Å²) in [6, 6.07) is 0. The van der Waals surface area contributed by atoms with Gasteiger partial charge in [0.05, 0.1) is 0 Å². The minimum absolute atomic E-state index is 0.0735. The van der Waals surface area contributed by atoms with Gasteiger partial charge in [0, 0.05) is 19.3 Å². The zero-order valence-electron chi connectivity index (χ0n) is 55.2. The van der Waals surface area contributed by atoms with Crippen molar-refractivity contribution in [1.82, 2.24) is 0 Å². The quantitative estimate of drug-likeness (QED) is 0.0261. The SMILES string of the molecule is CC/C=C\C/C=C\C/C=C\C/C=C\C/C=C\CCCCCCCCCCCCCCCC(=O)OCC(COC(=O)CCCCCCCCCCCCCCCCC)OC(=O)CCCCCCCCCCC/C=C\C/C=C\CCCCCCC. The fraction of sp³-hybridized carbons (Fsp3) is 0.779. The summed E-state index contributed by atoms with van der Waals surface area (Å²) in [5.41, 5.74) is 0. The monoisotopic (exact) mass is 1160 g/mol. The van der Waals surface area contributed by atoms with Gasteiger partial charge in [-0.3, -0.25) is 14.4 Å². The molecule has 0 rings (SSSR count). The second-order valence-electron chi connectivity index (χ2n) is 24.1. The van der Waals surface area contributed by atoms with Crippen LogP contribution in [0.5, 0.6) is 0 Å². The van der Waals surface area contributed by atoms with E-state index in [2.05, 4.69) is 106 Å². The maximum atomic E-state index is 13.0. The third kappa shape index (κ3) is 69.3. The number of esters is 3. The summed E-state index contributed by atoms with van der Waals surface area (Å²) in [6.45, 7) is 6.57. The Hall–Kier alpha value is -3.41. The highest BCUT2D eigenvalue weighted by Crippen LogP contribution is 2.18. The molecule has 83 heavy (non-hydrogen) atoms. The normalized spacial score (nSPS) is 12.6. The number of hydrogen-bond acceptors (Lipinski definition) is 6. The molecule has 0 aromatic carbocycles.